The number of halogens is 3. The molecule has 1 aromatic carbocycles. The maximum absolute atomic E-state index is 13.5. The molecule has 100 valence electrons. The first-order chi connectivity index (χ1) is 8.58. The standard InChI is InChI=1S/C13H15F3O2/c14-9-6-10(15)13(11(16)7-9)12(17)5-8-1-3-18-4-2-8/h6-8,12,17H,1-5H2. The Morgan fingerprint density at radius 2 is 1.72 bits per heavy atom. The molecule has 2 nitrogen and oxygen atoms in total. The zero-order valence-corrected chi connectivity index (χ0v) is 9.83. The molecule has 1 unspecified atom stereocenters. The van der Waals surface area contributed by atoms with Gasteiger partial charge in [0.25, 0.3) is 0 Å². The molecule has 1 aliphatic heterocycles. The Bertz CT molecular complexity index is 394. The van der Waals surface area contributed by atoms with Gasteiger partial charge in [0.15, 0.2) is 0 Å². The van der Waals surface area contributed by atoms with Gasteiger partial charge < -0.3 is 9.84 Å². The summed E-state index contributed by atoms with van der Waals surface area (Å²) in [6.07, 6.45) is 0.555. The van der Waals surface area contributed by atoms with Gasteiger partial charge in [-0.15, -0.1) is 0 Å². The summed E-state index contributed by atoms with van der Waals surface area (Å²) in [6, 6.07) is 1.18. The first kappa shape index (κ1) is 13.4. The van der Waals surface area contributed by atoms with Crippen LogP contribution in [-0.4, -0.2) is 18.3 Å². The van der Waals surface area contributed by atoms with Crippen LogP contribution in [0.2, 0.25) is 0 Å². The van der Waals surface area contributed by atoms with Crippen LogP contribution in [-0.2, 0) is 4.74 Å². The molecule has 1 heterocycles. The van der Waals surface area contributed by atoms with Crippen LogP contribution in [0.25, 0.3) is 0 Å². The van der Waals surface area contributed by atoms with E-state index in [0.29, 0.717) is 25.3 Å². The molecule has 5 heteroatoms. The molecule has 1 N–H and O–H groups in total. The Kier molecular flexibility index (Phi) is 4.24. The molecule has 0 spiro atoms. The molecule has 2 rings (SSSR count). The van der Waals surface area contributed by atoms with Gasteiger partial charge in [0, 0.05) is 25.3 Å². The minimum Gasteiger partial charge on any atom is -0.388 e. The van der Waals surface area contributed by atoms with E-state index in [9.17, 15) is 18.3 Å². The van der Waals surface area contributed by atoms with Crippen LogP contribution >= 0.6 is 0 Å². The van der Waals surface area contributed by atoms with Crippen molar-refractivity contribution in [2.75, 3.05) is 13.2 Å². The summed E-state index contributed by atoms with van der Waals surface area (Å²) in [5.41, 5.74) is -0.442. The SMILES string of the molecule is OC(CC1CCOCC1)c1c(F)cc(F)cc1F. The fourth-order valence-electron chi connectivity index (χ4n) is 2.29. The predicted octanol–water partition coefficient (Wildman–Crippen LogP) is 2.95. The van der Waals surface area contributed by atoms with Gasteiger partial charge in [-0.2, -0.15) is 0 Å². The Labute approximate surface area is 103 Å². The molecule has 1 aliphatic rings. The van der Waals surface area contributed by atoms with Crippen molar-refractivity contribution in [3.05, 3.63) is 35.1 Å². The molecule has 0 radical (unpaired) electrons. The maximum Gasteiger partial charge on any atom is 0.134 e. The number of ether oxygens (including phenoxy) is 1. The van der Waals surface area contributed by atoms with E-state index in [-0.39, 0.29) is 12.3 Å². The fraction of sp³-hybridized carbons (Fsp3) is 0.538. The number of aliphatic hydroxyl groups excluding tert-OH is 1. The van der Waals surface area contributed by atoms with Crippen molar-refractivity contribution in [2.45, 2.75) is 25.4 Å². The third kappa shape index (κ3) is 3.03. The molecule has 1 fully saturated rings. The van der Waals surface area contributed by atoms with Gasteiger partial charge in [0.05, 0.1) is 11.7 Å². The minimum absolute atomic E-state index is 0.178. The summed E-state index contributed by atoms with van der Waals surface area (Å²) >= 11 is 0. The predicted molar refractivity (Wildman–Crippen MR) is 59.4 cm³/mol. The van der Waals surface area contributed by atoms with Crippen molar-refractivity contribution >= 4 is 0 Å². The molecule has 18 heavy (non-hydrogen) atoms. The molecule has 1 atom stereocenters. The maximum atomic E-state index is 13.5. The molecule has 1 aromatic rings. The number of hydrogen-bond donors (Lipinski definition) is 1. The Morgan fingerprint density at radius 1 is 1.17 bits per heavy atom. The van der Waals surface area contributed by atoms with Crippen LogP contribution in [0.1, 0.15) is 30.9 Å². The van der Waals surface area contributed by atoms with Crippen LogP contribution in [0.15, 0.2) is 12.1 Å². The van der Waals surface area contributed by atoms with Crippen molar-refractivity contribution in [1.29, 1.82) is 0 Å². The van der Waals surface area contributed by atoms with E-state index in [1.807, 2.05) is 0 Å². The molecule has 1 saturated heterocycles. The lowest BCUT2D eigenvalue weighted by Crippen LogP contribution is -2.19. The van der Waals surface area contributed by atoms with E-state index in [1.54, 1.807) is 0 Å². The highest BCUT2D eigenvalue weighted by Gasteiger charge is 2.24. The lowest BCUT2D eigenvalue weighted by molar-refractivity contribution is 0.0421. The summed E-state index contributed by atoms with van der Waals surface area (Å²) < 4.78 is 44.8. The van der Waals surface area contributed by atoms with E-state index in [2.05, 4.69) is 0 Å². The molecule has 0 bridgehead atoms. The molecule has 0 amide bonds. The van der Waals surface area contributed by atoms with Crippen molar-refractivity contribution in [3.8, 4) is 0 Å². The second-order valence-electron chi connectivity index (χ2n) is 4.59. The van der Waals surface area contributed by atoms with Gasteiger partial charge in [-0.25, -0.2) is 13.2 Å². The summed E-state index contributed by atoms with van der Waals surface area (Å²) in [5, 5.41) is 9.88. The zero-order chi connectivity index (χ0) is 13.1. The van der Waals surface area contributed by atoms with Crippen LogP contribution in [0.5, 0.6) is 0 Å². The van der Waals surface area contributed by atoms with Gasteiger partial charge in [0.1, 0.15) is 17.5 Å². The second kappa shape index (κ2) is 5.71. The minimum atomic E-state index is -1.24. The highest BCUT2D eigenvalue weighted by atomic mass is 19.1. The summed E-state index contributed by atoms with van der Waals surface area (Å²) in [4.78, 5) is 0. The topological polar surface area (TPSA) is 29.5 Å². The van der Waals surface area contributed by atoms with E-state index >= 15 is 0 Å². The van der Waals surface area contributed by atoms with Crippen molar-refractivity contribution < 1.29 is 23.0 Å². The van der Waals surface area contributed by atoms with Gasteiger partial charge in [-0.1, -0.05) is 0 Å². The van der Waals surface area contributed by atoms with Crippen LogP contribution in [0, 0.1) is 23.4 Å². The summed E-state index contributed by atoms with van der Waals surface area (Å²) in [7, 11) is 0. The normalized spacial score (nSPS) is 18.9. The van der Waals surface area contributed by atoms with Crippen LogP contribution in [0.4, 0.5) is 13.2 Å². The van der Waals surface area contributed by atoms with Gasteiger partial charge in [0.2, 0.25) is 0 Å². The Hall–Kier alpha value is -1.07. The smallest absolute Gasteiger partial charge is 0.134 e. The number of hydrogen-bond acceptors (Lipinski definition) is 2. The lowest BCUT2D eigenvalue weighted by Gasteiger charge is -2.24. The van der Waals surface area contributed by atoms with Crippen LogP contribution in [0.3, 0.4) is 0 Å². The average molecular weight is 260 g/mol. The third-order valence-corrected chi connectivity index (χ3v) is 3.27. The highest BCUT2D eigenvalue weighted by Crippen LogP contribution is 2.30. The Balaban J connectivity index is 2.10. The van der Waals surface area contributed by atoms with E-state index < -0.39 is 29.1 Å². The number of rotatable bonds is 3. The lowest BCUT2D eigenvalue weighted by atomic mass is 9.90. The van der Waals surface area contributed by atoms with Gasteiger partial charge in [-0.05, 0) is 25.2 Å². The molecule has 0 aliphatic carbocycles. The fourth-order valence-corrected chi connectivity index (χ4v) is 2.29. The highest BCUT2D eigenvalue weighted by molar-refractivity contribution is 5.23. The zero-order valence-electron chi connectivity index (χ0n) is 9.83. The molecular formula is C13H15F3O2. The van der Waals surface area contributed by atoms with E-state index in [4.69, 9.17) is 4.74 Å². The van der Waals surface area contributed by atoms with E-state index in [1.165, 1.54) is 0 Å². The summed E-state index contributed by atoms with van der Waals surface area (Å²) in [6.45, 7) is 1.21. The molecule has 0 aromatic heterocycles. The van der Waals surface area contributed by atoms with Gasteiger partial charge in [-0.3, -0.25) is 0 Å². The molecule has 0 saturated carbocycles. The first-order valence-corrected chi connectivity index (χ1v) is 5.98. The third-order valence-electron chi connectivity index (χ3n) is 3.27. The van der Waals surface area contributed by atoms with Gasteiger partial charge >= 0.3 is 0 Å². The molecular weight excluding hydrogens is 245 g/mol. The van der Waals surface area contributed by atoms with Crippen molar-refractivity contribution in [1.82, 2.24) is 0 Å². The number of aliphatic hydroxyl groups is 1. The van der Waals surface area contributed by atoms with Crippen LogP contribution < -0.4 is 0 Å². The monoisotopic (exact) mass is 260 g/mol. The Morgan fingerprint density at radius 3 is 2.28 bits per heavy atom. The quantitative estimate of drug-likeness (QED) is 0.905. The van der Waals surface area contributed by atoms with Crippen molar-refractivity contribution in [3.63, 3.8) is 0 Å². The first-order valence-electron chi connectivity index (χ1n) is 5.98. The van der Waals surface area contributed by atoms with Crippen molar-refractivity contribution in [2.24, 2.45) is 5.92 Å². The van der Waals surface area contributed by atoms with E-state index in [0.717, 1.165) is 12.8 Å². The largest absolute Gasteiger partial charge is 0.388 e. The summed E-state index contributed by atoms with van der Waals surface area (Å²) in [5.74, 6) is -2.87. The average Bonchev–Trinajstić information content (AvgIpc) is 2.28. The number of benzene rings is 1. The second-order valence-corrected chi connectivity index (χ2v) is 4.59.